The Hall–Kier alpha value is -1.81. The van der Waals surface area contributed by atoms with Gasteiger partial charge in [-0.05, 0) is 31.0 Å². The van der Waals surface area contributed by atoms with Crippen LogP contribution >= 0.6 is 24.0 Å². The van der Waals surface area contributed by atoms with Crippen molar-refractivity contribution < 1.29 is 4.52 Å². The molecule has 8 heteroatoms. The molecule has 3 rings (SSSR count). The van der Waals surface area contributed by atoms with Crippen molar-refractivity contribution in [3.8, 4) is 0 Å². The zero-order valence-electron chi connectivity index (χ0n) is 18.3. The predicted octanol–water partition coefficient (Wildman–Crippen LogP) is 3.29. The molecule has 0 amide bonds. The average molecular weight is 526 g/mol. The third-order valence-corrected chi connectivity index (χ3v) is 5.26. The van der Waals surface area contributed by atoms with E-state index in [4.69, 9.17) is 4.52 Å². The van der Waals surface area contributed by atoms with Gasteiger partial charge < -0.3 is 20.1 Å². The van der Waals surface area contributed by atoms with Gasteiger partial charge in [0, 0.05) is 51.5 Å². The molecular weight excluding hydrogens is 491 g/mol. The van der Waals surface area contributed by atoms with Gasteiger partial charge in [0.1, 0.15) is 0 Å². The Kier molecular flexibility index (Phi) is 10.4. The van der Waals surface area contributed by atoms with Gasteiger partial charge in [-0.2, -0.15) is 0 Å². The van der Waals surface area contributed by atoms with Crippen molar-refractivity contribution in [3.63, 3.8) is 0 Å². The average Bonchev–Trinajstić information content (AvgIpc) is 3.24. The first-order chi connectivity index (χ1) is 14.2. The molecule has 2 heterocycles. The predicted molar refractivity (Wildman–Crippen MR) is 134 cm³/mol. The minimum atomic E-state index is 0. The van der Waals surface area contributed by atoms with Gasteiger partial charge in [0.2, 0.25) is 0 Å². The van der Waals surface area contributed by atoms with Crippen molar-refractivity contribution in [2.45, 2.75) is 32.7 Å². The van der Waals surface area contributed by atoms with Crippen LogP contribution in [0.4, 0.5) is 5.69 Å². The van der Waals surface area contributed by atoms with Gasteiger partial charge in [-0.25, -0.2) is 0 Å². The van der Waals surface area contributed by atoms with Gasteiger partial charge in [0.15, 0.2) is 11.7 Å². The van der Waals surface area contributed by atoms with E-state index in [-0.39, 0.29) is 24.0 Å². The smallest absolute Gasteiger partial charge is 0.191 e. The largest absolute Gasteiger partial charge is 0.369 e. The van der Waals surface area contributed by atoms with Crippen molar-refractivity contribution in [1.82, 2.24) is 20.7 Å². The molecule has 1 aromatic heterocycles. The van der Waals surface area contributed by atoms with E-state index in [0.29, 0.717) is 12.5 Å². The highest BCUT2D eigenvalue weighted by Gasteiger charge is 2.16. The monoisotopic (exact) mass is 526 g/mol. The van der Waals surface area contributed by atoms with Gasteiger partial charge in [-0.15, -0.1) is 24.0 Å². The van der Waals surface area contributed by atoms with Crippen molar-refractivity contribution in [1.29, 1.82) is 0 Å². The molecule has 1 aromatic carbocycles. The van der Waals surface area contributed by atoms with E-state index in [9.17, 15) is 0 Å². The Morgan fingerprint density at radius 3 is 2.50 bits per heavy atom. The van der Waals surface area contributed by atoms with Crippen molar-refractivity contribution in [3.05, 3.63) is 47.9 Å². The number of hydrogen-bond donors (Lipinski definition) is 2. The zero-order chi connectivity index (χ0) is 20.5. The maximum atomic E-state index is 5.36. The van der Waals surface area contributed by atoms with E-state index >= 15 is 0 Å². The maximum Gasteiger partial charge on any atom is 0.191 e. The second-order valence-corrected chi connectivity index (χ2v) is 7.74. The fourth-order valence-corrected chi connectivity index (χ4v) is 3.45. The highest BCUT2D eigenvalue weighted by Crippen LogP contribution is 2.15. The summed E-state index contributed by atoms with van der Waals surface area (Å²) in [6, 6.07) is 12.7. The summed E-state index contributed by atoms with van der Waals surface area (Å²) in [6.45, 7) is 11.2. The highest BCUT2D eigenvalue weighted by atomic mass is 127. The van der Waals surface area contributed by atoms with Crippen molar-refractivity contribution >= 4 is 35.6 Å². The Morgan fingerprint density at radius 1 is 1.13 bits per heavy atom. The quantitative estimate of drug-likeness (QED) is 0.238. The summed E-state index contributed by atoms with van der Waals surface area (Å²) < 4.78 is 5.36. The van der Waals surface area contributed by atoms with Crippen LogP contribution in [0.3, 0.4) is 0 Å². The molecule has 0 bridgehead atoms. The second-order valence-electron chi connectivity index (χ2n) is 7.74. The third-order valence-electron chi connectivity index (χ3n) is 5.26. The van der Waals surface area contributed by atoms with Crippen LogP contribution in [0.5, 0.6) is 0 Å². The minimum absolute atomic E-state index is 0. The van der Waals surface area contributed by atoms with E-state index in [2.05, 4.69) is 74.8 Å². The molecule has 30 heavy (non-hydrogen) atoms. The molecule has 0 atom stereocenters. The molecule has 1 saturated heterocycles. The van der Waals surface area contributed by atoms with Crippen LogP contribution in [0.25, 0.3) is 0 Å². The first kappa shape index (κ1) is 24.5. The van der Waals surface area contributed by atoms with Crippen LogP contribution in [0.2, 0.25) is 0 Å². The molecule has 0 radical (unpaired) electrons. The Balaban J connectivity index is 0.00000320. The van der Waals surface area contributed by atoms with E-state index in [1.54, 1.807) is 7.05 Å². The second kappa shape index (κ2) is 12.8. The number of aliphatic imine (C=N–C) groups is 1. The van der Waals surface area contributed by atoms with Gasteiger partial charge in [0.05, 0.1) is 12.2 Å². The highest BCUT2D eigenvalue weighted by molar-refractivity contribution is 14.0. The lowest BCUT2D eigenvalue weighted by atomic mass is 10.1. The first-order valence-electron chi connectivity index (χ1n) is 10.6. The number of guanidine groups is 1. The number of aromatic nitrogens is 1. The van der Waals surface area contributed by atoms with E-state index in [1.165, 1.54) is 5.69 Å². The van der Waals surface area contributed by atoms with Crippen molar-refractivity contribution in [2.75, 3.05) is 51.2 Å². The van der Waals surface area contributed by atoms with Crippen LogP contribution in [0.15, 0.2) is 45.9 Å². The fourth-order valence-electron chi connectivity index (χ4n) is 3.45. The molecule has 1 fully saturated rings. The summed E-state index contributed by atoms with van der Waals surface area (Å²) in [5.74, 6) is 1.99. The maximum absolute atomic E-state index is 5.36. The summed E-state index contributed by atoms with van der Waals surface area (Å²) in [5.41, 5.74) is 2.31. The number of rotatable bonds is 8. The summed E-state index contributed by atoms with van der Waals surface area (Å²) in [4.78, 5) is 9.29. The van der Waals surface area contributed by atoms with E-state index < -0.39 is 0 Å². The number of halogens is 1. The van der Waals surface area contributed by atoms with Gasteiger partial charge in [0.25, 0.3) is 0 Å². The molecular formula is C22H35IN6O. The molecule has 0 aliphatic carbocycles. The number of hydrogen-bond acceptors (Lipinski definition) is 5. The molecule has 1 aliphatic rings. The number of para-hydroxylation sites is 1. The van der Waals surface area contributed by atoms with Crippen LogP contribution in [0.1, 0.15) is 37.6 Å². The standard InChI is InChI=1S/C22H34N6O.HI/c1-18(2)21-16-20(29-26-21)17-25-22(23-3)24-10-7-11-27-12-14-28(15-13-27)19-8-5-4-6-9-19;/h4-6,8-9,16,18H,7,10-15,17H2,1-3H3,(H2,23,24,25);1H. The number of anilines is 1. The molecule has 0 unspecified atom stereocenters. The Bertz CT molecular complexity index is 756. The van der Waals surface area contributed by atoms with Crippen LogP contribution in [0, 0.1) is 0 Å². The molecule has 0 spiro atoms. The number of benzene rings is 1. The fraction of sp³-hybridized carbons (Fsp3) is 0.545. The van der Waals surface area contributed by atoms with Crippen LogP contribution in [-0.2, 0) is 6.54 Å². The minimum Gasteiger partial charge on any atom is -0.369 e. The van der Waals surface area contributed by atoms with Crippen LogP contribution < -0.4 is 15.5 Å². The number of nitrogens with one attached hydrogen (secondary N) is 2. The Labute approximate surface area is 197 Å². The summed E-state index contributed by atoms with van der Waals surface area (Å²) in [6.07, 6.45) is 1.09. The molecule has 1 aliphatic heterocycles. The number of nitrogens with zero attached hydrogens (tertiary/aromatic N) is 4. The summed E-state index contributed by atoms with van der Waals surface area (Å²) in [5, 5.41) is 10.8. The van der Waals surface area contributed by atoms with Gasteiger partial charge >= 0.3 is 0 Å². The third kappa shape index (κ3) is 7.46. The van der Waals surface area contributed by atoms with Gasteiger partial charge in [-0.1, -0.05) is 37.2 Å². The lowest BCUT2D eigenvalue weighted by molar-refractivity contribution is 0.255. The van der Waals surface area contributed by atoms with Crippen molar-refractivity contribution in [2.24, 2.45) is 4.99 Å². The lowest BCUT2D eigenvalue weighted by Crippen LogP contribution is -2.47. The van der Waals surface area contributed by atoms with E-state index in [1.807, 2.05) is 6.07 Å². The molecule has 0 saturated carbocycles. The molecule has 166 valence electrons. The normalized spacial score (nSPS) is 15.2. The summed E-state index contributed by atoms with van der Waals surface area (Å²) in [7, 11) is 1.79. The summed E-state index contributed by atoms with van der Waals surface area (Å²) >= 11 is 0. The SMILES string of the molecule is CN=C(NCCCN1CCN(c2ccccc2)CC1)NCc1cc(C(C)C)no1.I. The Morgan fingerprint density at radius 2 is 1.87 bits per heavy atom. The zero-order valence-corrected chi connectivity index (χ0v) is 20.6. The van der Waals surface area contributed by atoms with E-state index in [0.717, 1.165) is 63.1 Å². The van der Waals surface area contributed by atoms with Gasteiger partial charge in [-0.3, -0.25) is 9.89 Å². The van der Waals surface area contributed by atoms with Crippen LogP contribution in [-0.4, -0.2) is 62.3 Å². The topological polar surface area (TPSA) is 68.9 Å². The first-order valence-corrected chi connectivity index (χ1v) is 10.6. The lowest BCUT2D eigenvalue weighted by Gasteiger charge is -2.36. The molecule has 2 N–H and O–H groups in total. The molecule has 2 aromatic rings. The number of piperazine rings is 1. The molecule has 7 nitrogen and oxygen atoms in total.